The maximum absolute atomic E-state index is 13.2. The van der Waals surface area contributed by atoms with Crippen LogP contribution < -0.4 is 4.74 Å². The number of hydrogen-bond acceptors (Lipinski definition) is 7. The van der Waals surface area contributed by atoms with Gasteiger partial charge in [0.05, 0.1) is 31.9 Å². The van der Waals surface area contributed by atoms with Gasteiger partial charge in [-0.05, 0) is 39.3 Å². The van der Waals surface area contributed by atoms with Crippen LogP contribution in [0.1, 0.15) is 57.8 Å². The lowest BCUT2D eigenvalue weighted by Crippen LogP contribution is -2.49. The zero-order valence-electron chi connectivity index (χ0n) is 21.6. The minimum atomic E-state index is -0.646. The molecule has 1 amide bonds. The molecule has 0 bridgehead atoms. The van der Waals surface area contributed by atoms with E-state index < -0.39 is 29.6 Å². The molecule has 2 rings (SSSR count). The van der Waals surface area contributed by atoms with Crippen LogP contribution in [0.15, 0.2) is 24.3 Å². The molecule has 0 saturated carbocycles. The number of carbonyl (C=O) groups excluding carboxylic acids is 3. The number of ketones is 2. The molecule has 8 nitrogen and oxygen atoms in total. The topological polar surface area (TPSA) is 91.4 Å². The molecule has 5 atom stereocenters. The Kier molecular flexibility index (Phi) is 9.64. The number of Topliss-reactive ketones (excluding diaryl/α,β-unsaturated/α-hetero) is 2. The summed E-state index contributed by atoms with van der Waals surface area (Å²) in [5.41, 5.74) is -0.141. The SMILES string of the molecule is COc1cccc(C(=O)[C@@H](C)CC(=O)[C@H](C)[C@@H](OC)[C@@H]2C[C@@H](OC)CN2C(=O)OC(C)(C)C)c1. The third-order valence-corrected chi connectivity index (χ3v) is 6.23. The lowest BCUT2D eigenvalue weighted by atomic mass is 9.86. The fraction of sp³-hybridized carbons (Fsp3) is 0.654. The second-order valence-corrected chi connectivity index (χ2v) is 9.95. The van der Waals surface area contributed by atoms with Crippen molar-refractivity contribution in [3.63, 3.8) is 0 Å². The third kappa shape index (κ3) is 7.03. The molecule has 190 valence electrons. The molecule has 0 aliphatic carbocycles. The molecule has 0 N–H and O–H groups in total. The Bertz CT molecular complexity index is 863. The Hall–Kier alpha value is -2.45. The summed E-state index contributed by atoms with van der Waals surface area (Å²) in [5.74, 6) is -0.661. The Morgan fingerprint density at radius 3 is 2.35 bits per heavy atom. The van der Waals surface area contributed by atoms with Crippen molar-refractivity contribution in [3.05, 3.63) is 29.8 Å². The number of likely N-dealkylation sites (tertiary alicyclic amines) is 1. The van der Waals surface area contributed by atoms with Crippen molar-refractivity contribution in [1.82, 2.24) is 4.90 Å². The van der Waals surface area contributed by atoms with Gasteiger partial charge in [-0.15, -0.1) is 0 Å². The Morgan fingerprint density at radius 1 is 1.12 bits per heavy atom. The maximum atomic E-state index is 13.2. The number of methoxy groups -OCH3 is 3. The molecule has 1 saturated heterocycles. The number of carbonyl (C=O) groups is 3. The highest BCUT2D eigenvalue weighted by molar-refractivity contribution is 6.00. The van der Waals surface area contributed by atoms with Crippen LogP contribution in [0, 0.1) is 11.8 Å². The summed E-state index contributed by atoms with van der Waals surface area (Å²) in [7, 11) is 4.68. The van der Waals surface area contributed by atoms with Crippen molar-refractivity contribution >= 4 is 17.7 Å². The van der Waals surface area contributed by atoms with E-state index in [0.29, 0.717) is 24.3 Å². The molecule has 0 unspecified atom stereocenters. The number of amides is 1. The van der Waals surface area contributed by atoms with E-state index in [1.807, 2.05) is 20.8 Å². The van der Waals surface area contributed by atoms with Crippen molar-refractivity contribution in [1.29, 1.82) is 0 Å². The normalized spacial score (nSPS) is 21.0. The minimum Gasteiger partial charge on any atom is -0.497 e. The van der Waals surface area contributed by atoms with Crippen LogP contribution in [0.25, 0.3) is 0 Å². The van der Waals surface area contributed by atoms with E-state index in [4.69, 9.17) is 18.9 Å². The van der Waals surface area contributed by atoms with E-state index in [9.17, 15) is 14.4 Å². The van der Waals surface area contributed by atoms with Gasteiger partial charge in [0.1, 0.15) is 17.1 Å². The van der Waals surface area contributed by atoms with E-state index >= 15 is 0 Å². The first-order valence-electron chi connectivity index (χ1n) is 11.7. The van der Waals surface area contributed by atoms with Gasteiger partial charge in [-0.3, -0.25) is 14.5 Å². The van der Waals surface area contributed by atoms with Gasteiger partial charge in [-0.2, -0.15) is 0 Å². The molecule has 1 aliphatic heterocycles. The minimum absolute atomic E-state index is 0.0733. The van der Waals surface area contributed by atoms with E-state index in [2.05, 4.69) is 0 Å². The van der Waals surface area contributed by atoms with Crippen LogP contribution in [0.5, 0.6) is 5.75 Å². The summed E-state index contributed by atoms with van der Waals surface area (Å²) in [4.78, 5) is 40.6. The second-order valence-electron chi connectivity index (χ2n) is 9.95. The fourth-order valence-electron chi connectivity index (χ4n) is 4.36. The van der Waals surface area contributed by atoms with Crippen LogP contribution >= 0.6 is 0 Å². The van der Waals surface area contributed by atoms with Gasteiger partial charge in [-0.25, -0.2) is 4.79 Å². The smallest absolute Gasteiger partial charge is 0.410 e. The van der Waals surface area contributed by atoms with Crippen molar-refractivity contribution in [3.8, 4) is 5.75 Å². The number of hydrogen-bond donors (Lipinski definition) is 0. The zero-order chi connectivity index (χ0) is 25.6. The Labute approximate surface area is 202 Å². The Balaban J connectivity index is 2.13. The second kappa shape index (κ2) is 11.8. The molecule has 0 spiro atoms. The summed E-state index contributed by atoms with van der Waals surface area (Å²) < 4.78 is 22.0. The molecule has 0 aromatic heterocycles. The monoisotopic (exact) mass is 477 g/mol. The van der Waals surface area contributed by atoms with Gasteiger partial charge in [0.15, 0.2) is 5.78 Å². The summed E-state index contributed by atoms with van der Waals surface area (Å²) >= 11 is 0. The summed E-state index contributed by atoms with van der Waals surface area (Å²) in [6, 6.07) is 6.53. The largest absolute Gasteiger partial charge is 0.497 e. The molecule has 34 heavy (non-hydrogen) atoms. The molecule has 0 radical (unpaired) electrons. The first-order valence-corrected chi connectivity index (χ1v) is 11.7. The van der Waals surface area contributed by atoms with Crippen molar-refractivity contribution in [2.75, 3.05) is 27.9 Å². The molecular formula is C26H39NO7. The summed E-state index contributed by atoms with van der Waals surface area (Å²) in [6.07, 6.45) is -0.584. The third-order valence-electron chi connectivity index (χ3n) is 6.23. The van der Waals surface area contributed by atoms with Gasteiger partial charge in [0.2, 0.25) is 0 Å². The molecule has 1 aromatic carbocycles. The van der Waals surface area contributed by atoms with Crippen LogP contribution in [-0.4, -0.2) is 74.3 Å². The highest BCUT2D eigenvalue weighted by Crippen LogP contribution is 2.31. The quantitative estimate of drug-likeness (QED) is 0.468. The lowest BCUT2D eigenvalue weighted by molar-refractivity contribution is -0.129. The van der Waals surface area contributed by atoms with E-state index in [1.165, 1.54) is 7.11 Å². The lowest BCUT2D eigenvalue weighted by Gasteiger charge is -2.34. The molecular weight excluding hydrogens is 438 g/mol. The van der Waals surface area contributed by atoms with Crippen LogP contribution in [0.4, 0.5) is 4.79 Å². The first-order chi connectivity index (χ1) is 15.9. The van der Waals surface area contributed by atoms with Crippen molar-refractivity contribution in [2.24, 2.45) is 11.8 Å². The van der Waals surface area contributed by atoms with Gasteiger partial charge < -0.3 is 18.9 Å². The first kappa shape index (κ1) is 27.8. The highest BCUT2D eigenvalue weighted by atomic mass is 16.6. The molecule has 1 aliphatic rings. The number of ether oxygens (including phenoxy) is 4. The van der Waals surface area contributed by atoms with Crippen LogP contribution in [0.2, 0.25) is 0 Å². The highest BCUT2D eigenvalue weighted by Gasteiger charge is 2.45. The van der Waals surface area contributed by atoms with Crippen molar-refractivity contribution < 1.29 is 33.3 Å². The average molecular weight is 478 g/mol. The zero-order valence-corrected chi connectivity index (χ0v) is 21.6. The summed E-state index contributed by atoms with van der Waals surface area (Å²) in [5, 5.41) is 0. The van der Waals surface area contributed by atoms with Gasteiger partial charge >= 0.3 is 6.09 Å². The molecule has 8 heteroatoms. The van der Waals surface area contributed by atoms with Gasteiger partial charge in [-0.1, -0.05) is 26.0 Å². The predicted octanol–water partition coefficient (Wildman–Crippen LogP) is 4.15. The molecule has 1 fully saturated rings. The summed E-state index contributed by atoms with van der Waals surface area (Å²) in [6.45, 7) is 9.32. The van der Waals surface area contributed by atoms with E-state index in [0.717, 1.165) is 0 Å². The van der Waals surface area contributed by atoms with Crippen LogP contribution in [-0.2, 0) is 19.0 Å². The maximum Gasteiger partial charge on any atom is 0.410 e. The molecule has 1 aromatic rings. The van der Waals surface area contributed by atoms with Crippen molar-refractivity contribution in [2.45, 2.75) is 71.3 Å². The number of nitrogens with zero attached hydrogens (tertiary/aromatic N) is 1. The van der Waals surface area contributed by atoms with E-state index in [1.54, 1.807) is 57.2 Å². The molecule has 1 heterocycles. The number of benzene rings is 1. The Morgan fingerprint density at radius 2 is 1.79 bits per heavy atom. The predicted molar refractivity (Wildman–Crippen MR) is 128 cm³/mol. The standard InChI is InChI=1S/C26H39NO7/c1-16(23(29)18-10-9-11-19(13-18)31-6)12-22(28)17(2)24(33-8)21-14-20(32-7)15-27(21)25(30)34-26(3,4)5/h9-11,13,16-17,20-21,24H,12,14-15H2,1-8H3/t16-,17-,20+,21-,24+/m0/s1. The average Bonchev–Trinajstić information content (AvgIpc) is 3.22. The van der Waals surface area contributed by atoms with Crippen LogP contribution in [0.3, 0.4) is 0 Å². The fourth-order valence-corrected chi connectivity index (χ4v) is 4.36. The van der Waals surface area contributed by atoms with Gasteiger partial charge in [0, 0.05) is 38.0 Å². The van der Waals surface area contributed by atoms with E-state index in [-0.39, 0.29) is 30.1 Å². The number of rotatable bonds is 10. The van der Waals surface area contributed by atoms with Gasteiger partial charge in [0.25, 0.3) is 0 Å².